The Hall–Kier alpha value is -8.70. The van der Waals surface area contributed by atoms with Crippen LogP contribution in [0.15, 0.2) is 109 Å². The Morgan fingerprint density at radius 3 is 1.31 bits per heavy atom. The van der Waals surface area contributed by atoms with Gasteiger partial charge in [0, 0.05) is 67.6 Å². The van der Waals surface area contributed by atoms with Crippen LogP contribution in [0.3, 0.4) is 0 Å². The van der Waals surface area contributed by atoms with Crippen molar-refractivity contribution in [3.63, 3.8) is 0 Å². The predicted octanol–water partition coefficient (Wildman–Crippen LogP) is 11.1. The molecule has 0 saturated heterocycles. The number of phenolic OH excluding ortho intramolecular Hbond substituents is 1. The highest BCUT2D eigenvalue weighted by Gasteiger charge is 2.57. The molecule has 0 fully saturated rings. The minimum atomic E-state index is -6.85. The number of pyridine rings is 2. The van der Waals surface area contributed by atoms with Gasteiger partial charge >= 0.3 is 58.8 Å². The van der Waals surface area contributed by atoms with E-state index >= 15 is 0 Å². The van der Waals surface area contributed by atoms with Crippen LogP contribution < -0.4 is 13.7 Å². The number of ether oxygens (including phenoxy) is 4. The first kappa shape index (κ1) is 66.4. The molecular weight excluding hydrogens is 1250 g/mol. The SMILES string of the molecule is CCOC(=O)c1c(-c2cccnc2OC)c2cc(O)ccc2n1Cc1cc(F)ccc1F.CCOC(=O)c1c(-c2cccnc2OC)c2cc(OS(=O)(=O)C(F)(F)F)ccc2n1Cc1cc(F)ccc1F.O=S(=O)(OS(=O)(=O)C(F)(F)F)C(F)(F)F. The molecule has 4 heterocycles. The van der Waals surface area contributed by atoms with Gasteiger partial charge in [-0.2, -0.15) is 64.8 Å². The maximum absolute atomic E-state index is 14.6. The number of carbonyl (C=O) groups excluding carboxylic acids is 2. The van der Waals surface area contributed by atoms with Crippen LogP contribution in [0.5, 0.6) is 23.3 Å². The number of hydrogen-bond donors (Lipinski definition) is 1. The van der Waals surface area contributed by atoms with Crippen molar-refractivity contribution in [2.45, 2.75) is 43.5 Å². The highest BCUT2D eigenvalue weighted by Crippen LogP contribution is 2.44. The molecule has 0 aliphatic carbocycles. The summed E-state index contributed by atoms with van der Waals surface area (Å²) in [6.07, 6.45) is 2.93. The van der Waals surface area contributed by atoms with E-state index < -0.39 is 94.4 Å². The normalized spacial score (nSPS) is 12.2. The highest BCUT2D eigenvalue weighted by atomic mass is 32.3. The molecule has 0 unspecified atom stereocenters. The quantitative estimate of drug-likeness (QED) is 0.0409. The molecule has 0 bridgehead atoms. The topological polar surface area (TPSA) is 248 Å². The van der Waals surface area contributed by atoms with E-state index in [9.17, 15) is 97.0 Å². The first-order valence-corrected chi connectivity index (χ1v) is 27.8. The first-order valence-electron chi connectivity index (χ1n) is 23.6. The maximum atomic E-state index is 14.6. The number of phenols is 1. The van der Waals surface area contributed by atoms with Gasteiger partial charge in [0.1, 0.15) is 46.2 Å². The monoisotopic (exact) mass is 1290 g/mol. The number of esters is 2. The van der Waals surface area contributed by atoms with Gasteiger partial charge in [-0.1, -0.05) is 0 Å². The second-order valence-corrected chi connectivity index (χ2v) is 21.7. The van der Waals surface area contributed by atoms with Crippen molar-refractivity contribution in [1.82, 2.24) is 19.1 Å². The van der Waals surface area contributed by atoms with Gasteiger partial charge in [-0.05, 0) is 111 Å². The third kappa shape index (κ3) is 14.5. The average Bonchev–Trinajstić information content (AvgIpc) is 1.61. The molecule has 462 valence electrons. The number of aromatic hydroxyl groups is 1. The number of alkyl halides is 9. The van der Waals surface area contributed by atoms with Crippen LogP contribution in [0.2, 0.25) is 0 Å². The summed E-state index contributed by atoms with van der Waals surface area (Å²) in [6.45, 7) is 2.71. The van der Waals surface area contributed by atoms with Crippen molar-refractivity contribution >= 4 is 64.1 Å². The Morgan fingerprint density at radius 1 is 0.535 bits per heavy atom. The summed E-state index contributed by atoms with van der Waals surface area (Å²) in [5.74, 6) is -4.76. The Balaban J connectivity index is 0.000000226. The summed E-state index contributed by atoms with van der Waals surface area (Å²) in [7, 11) is -17.0. The minimum Gasteiger partial charge on any atom is -0.508 e. The fourth-order valence-electron chi connectivity index (χ4n) is 7.95. The molecule has 0 atom stereocenters. The molecule has 19 nitrogen and oxygen atoms in total. The second-order valence-electron chi connectivity index (χ2n) is 16.9. The number of rotatable bonds is 16. The van der Waals surface area contributed by atoms with Gasteiger partial charge in [-0.3, -0.25) is 0 Å². The van der Waals surface area contributed by atoms with E-state index in [1.165, 1.54) is 62.2 Å². The lowest BCUT2D eigenvalue weighted by Crippen LogP contribution is -2.34. The van der Waals surface area contributed by atoms with Gasteiger partial charge in [0.2, 0.25) is 11.8 Å². The second kappa shape index (κ2) is 25.9. The van der Waals surface area contributed by atoms with Crippen molar-refractivity contribution < 1.29 is 124 Å². The van der Waals surface area contributed by atoms with E-state index in [-0.39, 0.29) is 81.8 Å². The van der Waals surface area contributed by atoms with Crippen LogP contribution in [-0.4, -0.2) is 105 Å². The Kier molecular flexibility index (Phi) is 20.0. The molecule has 0 aliphatic heterocycles. The Morgan fingerprint density at radius 2 is 0.930 bits per heavy atom. The summed E-state index contributed by atoms with van der Waals surface area (Å²) >= 11 is 0. The summed E-state index contributed by atoms with van der Waals surface area (Å²) in [5.41, 5.74) is -16.6. The van der Waals surface area contributed by atoms with Crippen LogP contribution >= 0.6 is 0 Å². The number of hydrogen-bond acceptors (Lipinski definition) is 17. The number of carbonyl (C=O) groups is 2. The van der Waals surface area contributed by atoms with E-state index in [1.807, 2.05) is 3.63 Å². The first-order chi connectivity index (χ1) is 40.0. The van der Waals surface area contributed by atoms with Gasteiger partial charge in [0.15, 0.2) is 0 Å². The zero-order valence-electron chi connectivity index (χ0n) is 43.8. The number of methoxy groups -OCH3 is 2. The molecule has 86 heavy (non-hydrogen) atoms. The van der Waals surface area contributed by atoms with Crippen LogP contribution in [0, 0.1) is 23.3 Å². The lowest BCUT2D eigenvalue weighted by atomic mass is 10.0. The highest BCUT2D eigenvalue weighted by molar-refractivity contribution is 8.00. The standard InChI is InChI=1S/C25H19F5N2O6S.C24H20F2N2O4.C2F6O5S2/c1-3-37-24(33)22-21(17-5-4-10-31-23(17)36-2)18-12-16(38-39(34,35)25(28,29)30)7-9-20(18)32(22)13-14-11-15(26)6-8-19(14)27;1-3-32-24(30)22-21(17-5-4-10-27-23(17)31-2)18-12-16(29)7-9-20(18)28(22)13-14-11-15(25)6-8-19(14)26;3-1(4,5)14(9,10)13-15(11,12)2(6,7)8/h4-12H,3,13H2,1-2H3;4-12,29H,3,13H2,1-2H3;. The summed E-state index contributed by atoms with van der Waals surface area (Å²) < 4.78 is 258. The molecule has 8 aromatic rings. The largest absolute Gasteiger partial charge is 0.534 e. The molecule has 0 spiro atoms. The van der Waals surface area contributed by atoms with Crippen molar-refractivity contribution in [2.24, 2.45) is 0 Å². The molecule has 0 radical (unpaired) electrons. The smallest absolute Gasteiger partial charge is 0.508 e. The van der Waals surface area contributed by atoms with Gasteiger partial charge in [-0.25, -0.2) is 37.1 Å². The molecule has 35 heteroatoms. The van der Waals surface area contributed by atoms with Gasteiger partial charge in [0.25, 0.3) is 0 Å². The zero-order valence-corrected chi connectivity index (χ0v) is 46.3. The van der Waals surface area contributed by atoms with Crippen LogP contribution in [0.1, 0.15) is 46.0 Å². The summed E-state index contributed by atoms with van der Waals surface area (Å²) in [4.78, 5) is 34.7. The molecule has 0 aliphatic rings. The predicted molar refractivity (Wildman–Crippen MR) is 275 cm³/mol. The summed E-state index contributed by atoms with van der Waals surface area (Å²) in [6, 6.07) is 19.9. The Bertz CT molecular complexity index is 4170. The maximum Gasteiger partial charge on any atom is 0.534 e. The third-order valence-electron chi connectivity index (χ3n) is 11.4. The van der Waals surface area contributed by atoms with E-state index in [1.54, 1.807) is 35.9 Å². The van der Waals surface area contributed by atoms with Crippen molar-refractivity contribution in [3.05, 3.63) is 155 Å². The molecular formula is C51H39F13N4O15S3. The van der Waals surface area contributed by atoms with E-state index in [0.717, 1.165) is 48.5 Å². The minimum absolute atomic E-state index is 0.00766. The number of aromatic nitrogens is 4. The Labute approximate surface area is 477 Å². The van der Waals surface area contributed by atoms with E-state index in [0.29, 0.717) is 22.0 Å². The zero-order chi connectivity index (χ0) is 64.1. The van der Waals surface area contributed by atoms with Gasteiger partial charge in [0.05, 0.1) is 40.5 Å². The number of nitrogens with zero attached hydrogens (tertiary/aromatic N) is 4. The fourth-order valence-corrected chi connectivity index (χ4v) is 9.96. The van der Waals surface area contributed by atoms with Crippen molar-refractivity contribution in [3.8, 4) is 45.5 Å². The van der Waals surface area contributed by atoms with Crippen LogP contribution in [0.25, 0.3) is 44.1 Å². The van der Waals surface area contributed by atoms with Gasteiger partial charge < -0.3 is 37.4 Å². The number of fused-ring (bicyclic) bond motifs is 2. The fraction of sp³-hybridized carbons (Fsp3) is 0.216. The van der Waals surface area contributed by atoms with Crippen LogP contribution in [0.4, 0.5) is 57.1 Å². The van der Waals surface area contributed by atoms with Gasteiger partial charge in [-0.15, -0.1) is 3.63 Å². The molecule has 4 aromatic carbocycles. The van der Waals surface area contributed by atoms with E-state index in [2.05, 4.69) is 14.2 Å². The van der Waals surface area contributed by atoms with E-state index in [4.69, 9.17) is 18.9 Å². The van der Waals surface area contributed by atoms with Crippen LogP contribution in [-0.2, 0) is 56.5 Å². The molecule has 4 aromatic heterocycles. The third-order valence-corrected chi connectivity index (χ3v) is 14.9. The lowest BCUT2D eigenvalue weighted by molar-refractivity contribution is -0.0586. The number of halogens is 13. The van der Waals surface area contributed by atoms with Crippen molar-refractivity contribution in [2.75, 3.05) is 27.4 Å². The average molecular weight is 1290 g/mol. The molecule has 1 N–H and O–H groups in total. The van der Waals surface area contributed by atoms with Crippen molar-refractivity contribution in [1.29, 1.82) is 0 Å². The molecule has 0 amide bonds. The summed E-state index contributed by atoms with van der Waals surface area (Å²) in [5, 5.41) is 10.7. The number of benzene rings is 4. The lowest BCUT2D eigenvalue weighted by Gasteiger charge is -2.13. The molecule has 8 rings (SSSR count). The molecule has 0 saturated carbocycles.